The minimum Gasteiger partial charge on any atom is -0.492 e. The molecule has 0 spiro atoms. The molecule has 0 bridgehead atoms. The molecule has 2 rings (SSSR count). The molecule has 0 saturated heterocycles. The van der Waals surface area contributed by atoms with Gasteiger partial charge in [-0.3, -0.25) is 0 Å². The van der Waals surface area contributed by atoms with Gasteiger partial charge in [-0.15, -0.1) is 0 Å². The molecular formula is C12H13ClN4O. The van der Waals surface area contributed by atoms with Gasteiger partial charge in [0.15, 0.2) is 5.82 Å². The lowest BCUT2D eigenvalue weighted by Gasteiger charge is -2.12. The molecule has 0 unspecified atom stereocenters. The number of anilines is 3. The van der Waals surface area contributed by atoms with E-state index in [2.05, 4.69) is 15.3 Å². The number of hydrogen-bond acceptors (Lipinski definition) is 5. The molecule has 0 saturated carbocycles. The first-order valence-corrected chi connectivity index (χ1v) is 5.85. The van der Waals surface area contributed by atoms with Crippen LogP contribution in [0.3, 0.4) is 0 Å². The lowest BCUT2D eigenvalue weighted by Crippen LogP contribution is -2.02. The normalized spacial score (nSPS) is 10.1. The van der Waals surface area contributed by atoms with Crippen molar-refractivity contribution >= 4 is 29.1 Å². The highest BCUT2D eigenvalue weighted by molar-refractivity contribution is 6.32. The fraction of sp³-hybridized carbons (Fsp3) is 0.167. The number of rotatable bonds is 4. The first kappa shape index (κ1) is 12.4. The van der Waals surface area contributed by atoms with Crippen molar-refractivity contribution in [2.75, 3.05) is 17.7 Å². The smallest absolute Gasteiger partial charge is 0.222 e. The SMILES string of the molecule is CCOc1ccccc1Nc1nc(N)ncc1Cl. The topological polar surface area (TPSA) is 73.1 Å². The third-order valence-electron chi connectivity index (χ3n) is 2.20. The van der Waals surface area contributed by atoms with Gasteiger partial charge < -0.3 is 15.8 Å². The second-order valence-electron chi connectivity index (χ2n) is 3.48. The Bertz CT molecular complexity index is 547. The number of nitrogens with one attached hydrogen (secondary N) is 1. The van der Waals surface area contributed by atoms with E-state index in [0.717, 1.165) is 11.4 Å². The minimum atomic E-state index is 0.163. The van der Waals surface area contributed by atoms with Crippen LogP contribution in [-0.4, -0.2) is 16.6 Å². The number of nitrogens with two attached hydrogens (primary N) is 1. The van der Waals surface area contributed by atoms with E-state index in [1.165, 1.54) is 6.20 Å². The molecular weight excluding hydrogens is 252 g/mol. The van der Waals surface area contributed by atoms with Crippen molar-refractivity contribution in [2.45, 2.75) is 6.92 Å². The van der Waals surface area contributed by atoms with Crippen molar-refractivity contribution in [2.24, 2.45) is 0 Å². The highest BCUT2D eigenvalue weighted by Gasteiger charge is 2.07. The average molecular weight is 265 g/mol. The zero-order chi connectivity index (χ0) is 13.0. The third-order valence-corrected chi connectivity index (χ3v) is 2.48. The summed E-state index contributed by atoms with van der Waals surface area (Å²) in [4.78, 5) is 7.84. The largest absolute Gasteiger partial charge is 0.492 e. The first-order chi connectivity index (χ1) is 8.70. The molecule has 0 fully saturated rings. The molecule has 18 heavy (non-hydrogen) atoms. The maximum Gasteiger partial charge on any atom is 0.222 e. The molecule has 1 aromatic heterocycles. The van der Waals surface area contributed by atoms with E-state index < -0.39 is 0 Å². The van der Waals surface area contributed by atoms with Crippen LogP contribution in [0, 0.1) is 0 Å². The molecule has 94 valence electrons. The number of halogens is 1. The van der Waals surface area contributed by atoms with Crippen molar-refractivity contribution < 1.29 is 4.74 Å². The summed E-state index contributed by atoms with van der Waals surface area (Å²) in [6, 6.07) is 7.53. The molecule has 0 aliphatic rings. The Morgan fingerprint density at radius 2 is 2.17 bits per heavy atom. The summed E-state index contributed by atoms with van der Waals surface area (Å²) in [5.41, 5.74) is 6.30. The number of nitrogen functional groups attached to an aromatic ring is 1. The van der Waals surface area contributed by atoms with Crippen LogP contribution in [-0.2, 0) is 0 Å². The molecule has 3 N–H and O–H groups in total. The summed E-state index contributed by atoms with van der Waals surface area (Å²) < 4.78 is 5.50. The predicted molar refractivity (Wildman–Crippen MR) is 72.3 cm³/mol. The van der Waals surface area contributed by atoms with Gasteiger partial charge in [0.05, 0.1) is 18.5 Å². The standard InChI is InChI=1S/C12H13ClN4O/c1-2-18-10-6-4-3-5-9(10)16-11-8(13)7-15-12(14)17-11/h3-7H,2H2,1H3,(H3,14,15,16,17). The third kappa shape index (κ3) is 2.81. The molecule has 0 amide bonds. The van der Waals surface area contributed by atoms with Crippen LogP contribution in [0.5, 0.6) is 5.75 Å². The van der Waals surface area contributed by atoms with Gasteiger partial charge >= 0.3 is 0 Å². The molecule has 0 aliphatic carbocycles. The van der Waals surface area contributed by atoms with Gasteiger partial charge in [-0.2, -0.15) is 4.98 Å². The second-order valence-corrected chi connectivity index (χ2v) is 3.89. The number of ether oxygens (including phenoxy) is 1. The fourth-order valence-corrected chi connectivity index (χ4v) is 1.59. The lowest BCUT2D eigenvalue weighted by molar-refractivity contribution is 0.342. The van der Waals surface area contributed by atoms with Crippen LogP contribution in [0.4, 0.5) is 17.5 Å². The molecule has 0 radical (unpaired) electrons. The van der Waals surface area contributed by atoms with Crippen LogP contribution >= 0.6 is 11.6 Å². The number of nitrogens with zero attached hydrogens (tertiary/aromatic N) is 2. The monoisotopic (exact) mass is 264 g/mol. The zero-order valence-corrected chi connectivity index (χ0v) is 10.6. The Balaban J connectivity index is 2.30. The van der Waals surface area contributed by atoms with Crippen LogP contribution < -0.4 is 15.8 Å². The Labute approximate surface area is 110 Å². The Kier molecular flexibility index (Phi) is 3.84. The van der Waals surface area contributed by atoms with E-state index in [4.69, 9.17) is 22.1 Å². The van der Waals surface area contributed by atoms with Crippen molar-refractivity contribution in [3.8, 4) is 5.75 Å². The fourth-order valence-electron chi connectivity index (χ4n) is 1.45. The number of para-hydroxylation sites is 2. The molecule has 1 heterocycles. The number of benzene rings is 1. The molecule has 5 nitrogen and oxygen atoms in total. The van der Waals surface area contributed by atoms with E-state index in [9.17, 15) is 0 Å². The summed E-state index contributed by atoms with van der Waals surface area (Å²) in [7, 11) is 0. The van der Waals surface area contributed by atoms with Crippen molar-refractivity contribution in [3.05, 3.63) is 35.5 Å². The number of aromatic nitrogens is 2. The van der Waals surface area contributed by atoms with Gasteiger partial charge in [-0.05, 0) is 19.1 Å². The summed E-state index contributed by atoms with van der Waals surface area (Å²) in [6.07, 6.45) is 1.45. The van der Waals surface area contributed by atoms with Crippen LogP contribution in [0.25, 0.3) is 0 Å². The van der Waals surface area contributed by atoms with E-state index in [-0.39, 0.29) is 5.95 Å². The van der Waals surface area contributed by atoms with Crippen LogP contribution in [0.1, 0.15) is 6.92 Å². The Hall–Kier alpha value is -2.01. The quantitative estimate of drug-likeness (QED) is 0.888. The molecule has 1 aromatic carbocycles. The van der Waals surface area contributed by atoms with E-state index in [1.54, 1.807) is 0 Å². The average Bonchev–Trinajstić information content (AvgIpc) is 2.36. The molecule has 0 atom stereocenters. The summed E-state index contributed by atoms with van der Waals surface area (Å²) in [5.74, 6) is 1.35. The number of hydrogen-bond donors (Lipinski definition) is 2. The van der Waals surface area contributed by atoms with E-state index in [1.807, 2.05) is 31.2 Å². The highest BCUT2D eigenvalue weighted by Crippen LogP contribution is 2.29. The molecule has 0 aliphatic heterocycles. The van der Waals surface area contributed by atoms with Gasteiger partial charge in [-0.1, -0.05) is 23.7 Å². The van der Waals surface area contributed by atoms with E-state index in [0.29, 0.717) is 17.4 Å². The van der Waals surface area contributed by atoms with Gasteiger partial charge in [0.2, 0.25) is 5.95 Å². The Morgan fingerprint density at radius 1 is 1.39 bits per heavy atom. The minimum absolute atomic E-state index is 0.163. The second kappa shape index (κ2) is 5.55. The predicted octanol–water partition coefficient (Wildman–Crippen LogP) is 2.85. The molecule has 6 heteroatoms. The first-order valence-electron chi connectivity index (χ1n) is 5.47. The maximum atomic E-state index is 5.99. The summed E-state index contributed by atoms with van der Waals surface area (Å²) >= 11 is 5.99. The molecule has 2 aromatic rings. The van der Waals surface area contributed by atoms with Crippen molar-refractivity contribution in [3.63, 3.8) is 0 Å². The van der Waals surface area contributed by atoms with Gasteiger partial charge in [-0.25, -0.2) is 4.98 Å². The van der Waals surface area contributed by atoms with Crippen LogP contribution in [0.15, 0.2) is 30.5 Å². The Morgan fingerprint density at radius 3 is 2.94 bits per heavy atom. The summed E-state index contributed by atoms with van der Waals surface area (Å²) in [6.45, 7) is 2.50. The van der Waals surface area contributed by atoms with Crippen molar-refractivity contribution in [1.29, 1.82) is 0 Å². The van der Waals surface area contributed by atoms with Gasteiger partial charge in [0.25, 0.3) is 0 Å². The van der Waals surface area contributed by atoms with Gasteiger partial charge in [0, 0.05) is 0 Å². The van der Waals surface area contributed by atoms with Crippen molar-refractivity contribution in [1.82, 2.24) is 9.97 Å². The van der Waals surface area contributed by atoms with Crippen LogP contribution in [0.2, 0.25) is 5.02 Å². The maximum absolute atomic E-state index is 5.99. The summed E-state index contributed by atoms with van der Waals surface area (Å²) in [5, 5.41) is 3.48. The zero-order valence-electron chi connectivity index (χ0n) is 9.85. The van der Waals surface area contributed by atoms with Gasteiger partial charge in [0.1, 0.15) is 10.8 Å². The van der Waals surface area contributed by atoms with E-state index >= 15 is 0 Å². The lowest BCUT2D eigenvalue weighted by atomic mass is 10.3. The highest BCUT2D eigenvalue weighted by atomic mass is 35.5.